The number of anilines is 2. The van der Waals surface area contributed by atoms with E-state index in [0.717, 1.165) is 40.7 Å². The summed E-state index contributed by atoms with van der Waals surface area (Å²) in [5.41, 5.74) is 4.55. The molecule has 1 saturated carbocycles. The van der Waals surface area contributed by atoms with E-state index in [2.05, 4.69) is 60.7 Å². The van der Waals surface area contributed by atoms with Crippen molar-refractivity contribution in [2.45, 2.75) is 32.2 Å². The third kappa shape index (κ3) is 3.74. The number of rotatable bonds is 6. The lowest BCUT2D eigenvalue weighted by Crippen LogP contribution is -2.12. The quantitative estimate of drug-likeness (QED) is 0.606. The number of hydrogen-bond donors (Lipinski definition) is 3. The number of nitrogens with zero attached hydrogens (tertiary/aromatic N) is 4. The van der Waals surface area contributed by atoms with E-state index in [0.29, 0.717) is 5.95 Å². The predicted octanol–water partition coefficient (Wildman–Crippen LogP) is 4.08. The summed E-state index contributed by atoms with van der Waals surface area (Å²) in [7, 11) is 0. The van der Waals surface area contributed by atoms with Crippen molar-refractivity contribution < 1.29 is 0 Å². The molecule has 28 heavy (non-hydrogen) atoms. The average Bonchev–Trinajstić information content (AvgIpc) is 3.20. The van der Waals surface area contributed by atoms with Crippen LogP contribution in [0.25, 0.3) is 11.0 Å². The summed E-state index contributed by atoms with van der Waals surface area (Å²) >= 11 is 0. The highest BCUT2D eigenvalue weighted by Crippen LogP contribution is 2.35. The molecule has 0 radical (unpaired) electrons. The second-order valence-electron chi connectivity index (χ2n) is 7.59. The van der Waals surface area contributed by atoms with Gasteiger partial charge in [-0.05, 0) is 67.5 Å². The third-order valence-corrected chi connectivity index (χ3v) is 5.24. The Kier molecular flexibility index (Phi) is 4.27. The van der Waals surface area contributed by atoms with Crippen LogP contribution in [0.5, 0.6) is 0 Å². The summed E-state index contributed by atoms with van der Waals surface area (Å²) < 4.78 is 0. The average molecular weight is 373 g/mol. The Labute approximate surface area is 163 Å². The van der Waals surface area contributed by atoms with Crippen molar-refractivity contribution >= 4 is 28.6 Å². The van der Waals surface area contributed by atoms with Crippen molar-refractivity contribution in [1.29, 1.82) is 0 Å². The molecule has 5 rings (SSSR count). The number of hydrogen-bond acceptors (Lipinski definition) is 6. The van der Waals surface area contributed by atoms with Crippen molar-refractivity contribution in [3.8, 4) is 0 Å². The van der Waals surface area contributed by atoms with Crippen LogP contribution in [0.3, 0.4) is 0 Å². The van der Waals surface area contributed by atoms with Gasteiger partial charge in [-0.1, -0.05) is 6.07 Å². The van der Waals surface area contributed by atoms with Gasteiger partial charge in [-0.3, -0.25) is 4.99 Å². The molecular weight excluding hydrogens is 350 g/mol. The number of aromatic amines is 1. The summed E-state index contributed by atoms with van der Waals surface area (Å²) in [4.78, 5) is 20.9. The molecule has 0 saturated heterocycles. The summed E-state index contributed by atoms with van der Waals surface area (Å²) in [5.74, 6) is 3.11. The molecule has 2 aliphatic rings. The van der Waals surface area contributed by atoms with Crippen molar-refractivity contribution in [3.05, 3.63) is 54.0 Å². The summed E-state index contributed by atoms with van der Waals surface area (Å²) in [5, 5.41) is 6.68. The Hall–Kier alpha value is -3.22. The van der Waals surface area contributed by atoms with Crippen LogP contribution < -0.4 is 10.6 Å². The molecule has 3 N–H and O–H groups in total. The fourth-order valence-electron chi connectivity index (χ4n) is 3.49. The molecule has 7 heteroatoms. The van der Waals surface area contributed by atoms with Gasteiger partial charge in [0.05, 0.1) is 29.9 Å². The van der Waals surface area contributed by atoms with Gasteiger partial charge in [-0.2, -0.15) is 4.98 Å². The zero-order valence-corrected chi connectivity index (χ0v) is 15.8. The van der Waals surface area contributed by atoms with Gasteiger partial charge >= 0.3 is 0 Å². The minimum Gasteiger partial charge on any atom is -0.348 e. The van der Waals surface area contributed by atoms with Gasteiger partial charge in [-0.15, -0.1) is 0 Å². The van der Waals surface area contributed by atoms with Gasteiger partial charge in [0.2, 0.25) is 5.95 Å². The Morgan fingerprint density at radius 2 is 2.14 bits per heavy atom. The van der Waals surface area contributed by atoms with Crippen molar-refractivity contribution in [3.63, 3.8) is 0 Å². The first-order chi connectivity index (χ1) is 13.7. The van der Waals surface area contributed by atoms with Crippen molar-refractivity contribution in [2.75, 3.05) is 17.2 Å². The van der Waals surface area contributed by atoms with Gasteiger partial charge in [0, 0.05) is 6.20 Å². The van der Waals surface area contributed by atoms with Crippen LogP contribution >= 0.6 is 0 Å². The Balaban J connectivity index is 1.25. The zero-order chi connectivity index (χ0) is 18.9. The molecule has 0 bridgehead atoms. The minimum absolute atomic E-state index is 0.0665. The van der Waals surface area contributed by atoms with Crippen LogP contribution in [0.1, 0.15) is 37.8 Å². The highest BCUT2D eigenvalue weighted by molar-refractivity contribution is 6.05. The fourth-order valence-corrected chi connectivity index (χ4v) is 3.49. The van der Waals surface area contributed by atoms with E-state index in [1.165, 1.54) is 24.8 Å². The Morgan fingerprint density at radius 1 is 1.21 bits per heavy atom. The summed E-state index contributed by atoms with van der Waals surface area (Å²) in [6.07, 6.45) is 9.55. The molecule has 0 unspecified atom stereocenters. The number of aliphatic imine (C=N–C) groups is 1. The number of benzene rings is 1. The van der Waals surface area contributed by atoms with E-state index in [4.69, 9.17) is 0 Å². The summed E-state index contributed by atoms with van der Waals surface area (Å²) in [6, 6.07) is 8.12. The number of amidine groups is 1. The maximum Gasteiger partial charge on any atom is 0.225 e. The fraction of sp³-hybridized carbons (Fsp3) is 0.333. The van der Waals surface area contributed by atoms with Crippen molar-refractivity contribution in [2.24, 2.45) is 10.9 Å². The molecule has 142 valence electrons. The zero-order valence-electron chi connectivity index (χ0n) is 15.8. The highest BCUT2D eigenvalue weighted by Gasteiger charge is 2.23. The first-order valence-corrected chi connectivity index (χ1v) is 9.76. The van der Waals surface area contributed by atoms with Gasteiger partial charge in [0.25, 0.3) is 0 Å². The first-order valence-electron chi connectivity index (χ1n) is 9.76. The SMILES string of the molecule is C[C@H](Nc1nccc(NC2=NCC(CC3CC3)=C2)n1)c1ccc2nc[nH]c2c1. The normalized spacial score (nSPS) is 17.3. The predicted molar refractivity (Wildman–Crippen MR) is 112 cm³/mol. The maximum atomic E-state index is 4.59. The molecule has 1 aromatic carbocycles. The molecular formula is C21H23N7. The van der Waals surface area contributed by atoms with E-state index < -0.39 is 0 Å². The first kappa shape index (κ1) is 16.9. The highest BCUT2D eigenvalue weighted by atomic mass is 15.2. The number of aromatic nitrogens is 4. The lowest BCUT2D eigenvalue weighted by molar-refractivity contribution is 0.808. The van der Waals surface area contributed by atoms with Crippen LogP contribution in [0, 0.1) is 5.92 Å². The molecule has 1 fully saturated rings. The van der Waals surface area contributed by atoms with E-state index in [1.54, 1.807) is 12.5 Å². The number of imidazole rings is 1. The second-order valence-corrected chi connectivity index (χ2v) is 7.59. The largest absolute Gasteiger partial charge is 0.348 e. The maximum absolute atomic E-state index is 4.59. The molecule has 2 aromatic heterocycles. The molecule has 7 nitrogen and oxygen atoms in total. The van der Waals surface area contributed by atoms with E-state index in [-0.39, 0.29) is 6.04 Å². The van der Waals surface area contributed by atoms with Gasteiger partial charge in [0.1, 0.15) is 11.7 Å². The Bertz CT molecular complexity index is 1060. The number of H-pyrrole nitrogens is 1. The molecule has 1 atom stereocenters. The van der Waals surface area contributed by atoms with E-state index in [1.807, 2.05) is 12.1 Å². The van der Waals surface area contributed by atoms with Crippen molar-refractivity contribution in [1.82, 2.24) is 19.9 Å². The van der Waals surface area contributed by atoms with Gasteiger partial charge < -0.3 is 15.6 Å². The second kappa shape index (κ2) is 7.07. The topological polar surface area (TPSA) is 90.9 Å². The molecule has 3 heterocycles. The smallest absolute Gasteiger partial charge is 0.225 e. The lowest BCUT2D eigenvalue weighted by atomic mass is 10.1. The number of fused-ring (bicyclic) bond motifs is 1. The van der Waals surface area contributed by atoms with Gasteiger partial charge in [0.15, 0.2) is 0 Å². The molecule has 0 spiro atoms. The van der Waals surface area contributed by atoms with Crippen LogP contribution in [0.2, 0.25) is 0 Å². The lowest BCUT2D eigenvalue weighted by Gasteiger charge is -2.15. The Morgan fingerprint density at radius 3 is 3.04 bits per heavy atom. The molecule has 3 aromatic rings. The van der Waals surface area contributed by atoms with Crippen LogP contribution in [0.4, 0.5) is 11.8 Å². The summed E-state index contributed by atoms with van der Waals surface area (Å²) in [6.45, 7) is 2.90. The minimum atomic E-state index is 0.0665. The van der Waals surface area contributed by atoms with Crippen LogP contribution in [0.15, 0.2) is 53.4 Å². The van der Waals surface area contributed by atoms with Crippen LogP contribution in [-0.2, 0) is 0 Å². The third-order valence-electron chi connectivity index (χ3n) is 5.24. The standard InChI is InChI=1S/C21H23N7/c1-13(16-4-5-17-18(10-16)25-12-24-17)26-21-22-7-6-19(28-21)27-20-9-15(11-23-20)8-14-2-3-14/h4-7,9-10,12-14H,2-3,8,11H2,1H3,(H,24,25)(H2,22,23,26,27,28)/t13-/m0/s1. The number of nitrogens with one attached hydrogen (secondary N) is 3. The monoisotopic (exact) mass is 373 g/mol. The van der Waals surface area contributed by atoms with Crippen LogP contribution in [-0.4, -0.2) is 32.3 Å². The van der Waals surface area contributed by atoms with E-state index in [9.17, 15) is 0 Å². The molecule has 0 amide bonds. The van der Waals surface area contributed by atoms with E-state index >= 15 is 0 Å². The molecule has 1 aliphatic carbocycles. The van der Waals surface area contributed by atoms with Gasteiger partial charge in [-0.25, -0.2) is 9.97 Å². The molecule has 1 aliphatic heterocycles.